The summed E-state index contributed by atoms with van der Waals surface area (Å²) in [6.07, 6.45) is 8.96. The van der Waals surface area contributed by atoms with Crippen molar-refractivity contribution in [2.75, 3.05) is 37.7 Å². The van der Waals surface area contributed by atoms with Crippen LogP contribution in [0.4, 0.5) is 5.69 Å². The van der Waals surface area contributed by atoms with Gasteiger partial charge in [-0.05, 0) is 44.4 Å². The Kier molecular flexibility index (Phi) is 6.32. The summed E-state index contributed by atoms with van der Waals surface area (Å²) in [6, 6.07) is 5.24. The second-order valence-corrected chi connectivity index (χ2v) is 12.4. The lowest BCUT2D eigenvalue weighted by atomic mass is 9.74. The molecule has 0 radical (unpaired) electrons. The minimum atomic E-state index is -0.884. The Balaban J connectivity index is 1.64. The lowest BCUT2D eigenvalue weighted by Crippen LogP contribution is -2.54. The van der Waals surface area contributed by atoms with Gasteiger partial charge < -0.3 is 19.8 Å². The van der Waals surface area contributed by atoms with Crippen molar-refractivity contribution in [3.05, 3.63) is 53.6 Å². The molecule has 4 aliphatic heterocycles. The number of carbonyl (C=O) groups is 3. The van der Waals surface area contributed by atoms with Gasteiger partial charge in [-0.15, -0.1) is 11.8 Å². The molecule has 0 aliphatic carbocycles. The number of likely N-dealkylation sites (tertiary alicyclic amines) is 1. The summed E-state index contributed by atoms with van der Waals surface area (Å²) in [6.45, 7) is 9.43. The summed E-state index contributed by atoms with van der Waals surface area (Å²) in [5.74, 6) is -1.63. The van der Waals surface area contributed by atoms with E-state index in [2.05, 4.69) is 6.08 Å². The van der Waals surface area contributed by atoms with E-state index in [4.69, 9.17) is 0 Å². The summed E-state index contributed by atoms with van der Waals surface area (Å²) < 4.78 is -1.49. The van der Waals surface area contributed by atoms with Crippen LogP contribution in [0.3, 0.4) is 0 Å². The molecule has 1 N–H and O–H groups in total. The number of amides is 3. The number of hydrogen-bond acceptors (Lipinski definition) is 5. The minimum absolute atomic E-state index is 0.0202. The van der Waals surface area contributed by atoms with Gasteiger partial charge in [0.05, 0.1) is 23.2 Å². The summed E-state index contributed by atoms with van der Waals surface area (Å²) >= 11 is 1.58. The number of fused-ring (bicyclic) bond motifs is 2. The maximum atomic E-state index is 14.4. The molecule has 1 unspecified atom stereocenters. The van der Waals surface area contributed by atoms with Gasteiger partial charge in [-0.3, -0.25) is 14.4 Å². The highest BCUT2D eigenvalue weighted by Gasteiger charge is 2.73. The van der Waals surface area contributed by atoms with Crippen molar-refractivity contribution in [1.29, 1.82) is 0 Å². The number of β-amino-alcohol motifs (C(OH)–C–C–N with tert-alkyl or cyclic N) is 1. The zero-order valence-electron chi connectivity index (χ0n) is 21.4. The van der Waals surface area contributed by atoms with E-state index >= 15 is 0 Å². The zero-order valence-corrected chi connectivity index (χ0v) is 22.3. The van der Waals surface area contributed by atoms with Gasteiger partial charge in [-0.1, -0.05) is 43.4 Å². The van der Waals surface area contributed by atoms with E-state index in [0.29, 0.717) is 19.6 Å². The van der Waals surface area contributed by atoms with Crippen molar-refractivity contribution in [2.24, 2.45) is 11.8 Å². The van der Waals surface area contributed by atoms with E-state index in [0.717, 1.165) is 23.2 Å². The van der Waals surface area contributed by atoms with E-state index in [9.17, 15) is 19.5 Å². The summed E-state index contributed by atoms with van der Waals surface area (Å²) in [5, 5.41) is 9.88. The van der Waals surface area contributed by atoms with Gasteiger partial charge >= 0.3 is 0 Å². The molecule has 1 aromatic rings. The van der Waals surface area contributed by atoms with Crippen LogP contribution in [0.2, 0.25) is 0 Å². The number of thioether (sulfide) groups is 1. The summed E-state index contributed by atoms with van der Waals surface area (Å²) in [4.78, 5) is 47.5. The highest BCUT2D eigenvalue weighted by molar-refractivity contribution is 8.02. The van der Waals surface area contributed by atoms with Crippen LogP contribution in [-0.2, 0) is 14.4 Å². The van der Waals surface area contributed by atoms with E-state index in [1.165, 1.54) is 0 Å². The Morgan fingerprint density at radius 2 is 1.75 bits per heavy atom. The van der Waals surface area contributed by atoms with Gasteiger partial charge in [0.25, 0.3) is 5.91 Å². The first-order valence-corrected chi connectivity index (χ1v) is 13.6. The smallest absolute Gasteiger partial charge is 0.251 e. The molecular weight excluding hydrogens is 474 g/mol. The van der Waals surface area contributed by atoms with Crippen LogP contribution in [0.1, 0.15) is 31.4 Å². The average Bonchev–Trinajstić information content (AvgIpc) is 3.09. The number of carbonyl (C=O) groups excluding carboxylic acids is 3. The molecule has 8 heteroatoms. The van der Waals surface area contributed by atoms with Gasteiger partial charge in [0.1, 0.15) is 6.04 Å². The Bertz CT molecular complexity index is 1170. The number of aliphatic hydroxyl groups excluding tert-OH is 1. The quantitative estimate of drug-likeness (QED) is 0.618. The second-order valence-electron chi connectivity index (χ2n) is 10.6. The van der Waals surface area contributed by atoms with Crippen LogP contribution in [0, 0.1) is 25.7 Å². The largest absolute Gasteiger partial charge is 0.395 e. The lowest BCUT2D eigenvalue weighted by molar-refractivity contribution is -0.143. The number of benzene rings is 1. The average molecular weight is 510 g/mol. The fourth-order valence-corrected chi connectivity index (χ4v) is 8.77. The van der Waals surface area contributed by atoms with E-state index in [1.54, 1.807) is 21.6 Å². The maximum Gasteiger partial charge on any atom is 0.251 e. The standard InChI is InChI=1S/C28H35N3O4S/c1-5-12-29-13-6-10-27(4)21(24(29)33)22-25(34)31(15-16-32)23-26(35)30(14-7-11-28(22,23)36-27)20-17-18(2)8-9-19(20)3/h6-11,17,21-23,32H,5,12-16H2,1-4H3/t21-,22+,23?,27+,28+/m1/s1. The molecule has 2 saturated heterocycles. The molecule has 0 bridgehead atoms. The van der Waals surface area contributed by atoms with E-state index in [1.807, 2.05) is 69.0 Å². The van der Waals surface area contributed by atoms with Crippen molar-refractivity contribution < 1.29 is 19.5 Å². The second kappa shape index (κ2) is 9.06. The first-order valence-electron chi connectivity index (χ1n) is 12.8. The molecule has 4 aliphatic rings. The van der Waals surface area contributed by atoms with Crippen LogP contribution in [0.15, 0.2) is 42.5 Å². The molecule has 192 valence electrons. The normalized spacial score (nSPS) is 33.5. The minimum Gasteiger partial charge on any atom is -0.395 e. The molecule has 4 heterocycles. The molecular formula is C28H35N3O4S. The molecule has 5 atom stereocenters. The predicted molar refractivity (Wildman–Crippen MR) is 142 cm³/mol. The fraction of sp³-hybridized carbons (Fsp3) is 0.536. The lowest BCUT2D eigenvalue weighted by Gasteiger charge is -2.37. The van der Waals surface area contributed by atoms with Gasteiger partial charge in [0.2, 0.25) is 11.8 Å². The van der Waals surface area contributed by atoms with Gasteiger partial charge in [0, 0.05) is 36.6 Å². The van der Waals surface area contributed by atoms with Crippen molar-refractivity contribution in [3.63, 3.8) is 0 Å². The van der Waals surface area contributed by atoms with Crippen LogP contribution >= 0.6 is 11.8 Å². The van der Waals surface area contributed by atoms with Crippen molar-refractivity contribution in [2.45, 2.75) is 49.7 Å². The first-order chi connectivity index (χ1) is 17.2. The number of anilines is 1. The monoisotopic (exact) mass is 509 g/mol. The van der Waals surface area contributed by atoms with Crippen LogP contribution < -0.4 is 4.90 Å². The molecule has 1 aromatic carbocycles. The molecule has 0 aromatic heterocycles. The summed E-state index contributed by atoms with van der Waals surface area (Å²) in [5.41, 5.74) is 2.86. The highest BCUT2D eigenvalue weighted by Crippen LogP contribution is 2.65. The van der Waals surface area contributed by atoms with Gasteiger partial charge in [-0.2, -0.15) is 0 Å². The maximum absolute atomic E-state index is 14.4. The third kappa shape index (κ3) is 3.56. The van der Waals surface area contributed by atoms with Crippen LogP contribution in [0.5, 0.6) is 0 Å². The number of rotatable bonds is 5. The van der Waals surface area contributed by atoms with Crippen molar-refractivity contribution >= 4 is 35.2 Å². The topological polar surface area (TPSA) is 81.2 Å². The van der Waals surface area contributed by atoms with Crippen LogP contribution in [0.25, 0.3) is 0 Å². The molecule has 1 spiro atoms. The fourth-order valence-electron chi connectivity index (χ4n) is 6.62. The SMILES string of the molecule is CCCN1CC=C[C@]2(C)S[C@]34C=CCN(c5cc(C)ccc5C)C(=O)C3N(CCO)C(=O)[C@@H]4[C@@H]2C1=O. The molecule has 36 heavy (non-hydrogen) atoms. The predicted octanol–water partition coefficient (Wildman–Crippen LogP) is 2.69. The molecule has 0 saturated carbocycles. The van der Waals surface area contributed by atoms with Crippen LogP contribution in [-0.4, -0.2) is 80.9 Å². The summed E-state index contributed by atoms with van der Waals surface area (Å²) in [7, 11) is 0. The van der Waals surface area contributed by atoms with Crippen molar-refractivity contribution in [1.82, 2.24) is 9.80 Å². The Labute approximate surface area is 217 Å². The van der Waals surface area contributed by atoms with Gasteiger partial charge in [-0.25, -0.2) is 0 Å². The molecule has 3 amide bonds. The number of nitrogens with zero attached hydrogens (tertiary/aromatic N) is 3. The van der Waals surface area contributed by atoms with E-state index < -0.39 is 27.4 Å². The number of hydrogen-bond donors (Lipinski definition) is 1. The number of aryl methyl sites for hydroxylation is 2. The zero-order chi connectivity index (χ0) is 25.8. The Morgan fingerprint density at radius 1 is 1.00 bits per heavy atom. The molecule has 2 fully saturated rings. The van der Waals surface area contributed by atoms with Gasteiger partial charge in [0.15, 0.2) is 0 Å². The molecule has 5 rings (SSSR count). The van der Waals surface area contributed by atoms with Crippen molar-refractivity contribution in [3.8, 4) is 0 Å². The van der Waals surface area contributed by atoms with E-state index in [-0.39, 0.29) is 30.9 Å². The number of aliphatic hydroxyl groups is 1. The highest BCUT2D eigenvalue weighted by atomic mass is 32.2. The Hall–Kier alpha value is -2.58. The molecule has 7 nitrogen and oxygen atoms in total. The first kappa shape index (κ1) is 25.1. The third-order valence-corrected chi connectivity index (χ3v) is 9.93. The Morgan fingerprint density at radius 3 is 2.47 bits per heavy atom. The third-order valence-electron chi connectivity index (χ3n) is 8.13.